The SMILES string of the molecule is COc1ccc(/C=C/C(=O)c2ccc(Cc3ccccc3)s2)cc1Cn1cc(Br)cn1. The zero-order valence-corrected chi connectivity index (χ0v) is 19.4. The molecule has 0 atom stereocenters. The summed E-state index contributed by atoms with van der Waals surface area (Å²) in [7, 11) is 1.65. The first-order valence-electron chi connectivity index (χ1n) is 9.80. The molecule has 0 fully saturated rings. The van der Waals surface area contributed by atoms with Crippen LogP contribution in [0.5, 0.6) is 5.75 Å². The molecule has 0 aliphatic heterocycles. The molecule has 4 aromatic rings. The smallest absolute Gasteiger partial charge is 0.195 e. The fourth-order valence-electron chi connectivity index (χ4n) is 3.28. The minimum Gasteiger partial charge on any atom is -0.496 e. The lowest BCUT2D eigenvalue weighted by Crippen LogP contribution is -2.02. The maximum Gasteiger partial charge on any atom is 0.195 e. The lowest BCUT2D eigenvalue weighted by Gasteiger charge is -2.09. The average Bonchev–Trinajstić information content (AvgIpc) is 3.42. The van der Waals surface area contributed by atoms with Crippen molar-refractivity contribution in [3.8, 4) is 5.75 Å². The maximum absolute atomic E-state index is 12.7. The molecule has 0 N–H and O–H groups in total. The van der Waals surface area contributed by atoms with E-state index in [2.05, 4.69) is 33.2 Å². The molecule has 31 heavy (non-hydrogen) atoms. The second-order valence-corrected chi connectivity index (χ2v) is 9.14. The molecule has 0 amide bonds. The van der Waals surface area contributed by atoms with Crippen LogP contribution in [0.25, 0.3) is 6.08 Å². The van der Waals surface area contributed by atoms with Crippen LogP contribution in [-0.4, -0.2) is 22.7 Å². The second-order valence-electron chi connectivity index (χ2n) is 7.05. The molecule has 0 radical (unpaired) electrons. The number of nitrogens with zero attached hydrogens (tertiary/aromatic N) is 2. The number of allylic oxidation sites excluding steroid dienone is 1. The van der Waals surface area contributed by atoms with Crippen LogP contribution in [0.1, 0.15) is 31.2 Å². The van der Waals surface area contributed by atoms with Crippen LogP contribution in [0.15, 0.2) is 83.6 Å². The quantitative estimate of drug-likeness (QED) is 0.215. The summed E-state index contributed by atoms with van der Waals surface area (Å²) in [4.78, 5) is 14.6. The Morgan fingerprint density at radius 3 is 2.74 bits per heavy atom. The van der Waals surface area contributed by atoms with Crippen molar-refractivity contribution in [3.63, 3.8) is 0 Å². The number of methoxy groups -OCH3 is 1. The molecular formula is C25H21BrN2O2S. The minimum atomic E-state index is 0.0117. The number of halogens is 1. The Kier molecular flexibility index (Phi) is 6.79. The van der Waals surface area contributed by atoms with Gasteiger partial charge in [-0.25, -0.2) is 0 Å². The van der Waals surface area contributed by atoms with E-state index in [-0.39, 0.29) is 5.78 Å². The number of carbonyl (C=O) groups excluding carboxylic acids is 1. The van der Waals surface area contributed by atoms with Crippen LogP contribution in [0.3, 0.4) is 0 Å². The fourth-order valence-corrected chi connectivity index (χ4v) is 4.57. The van der Waals surface area contributed by atoms with Gasteiger partial charge in [-0.15, -0.1) is 11.3 Å². The highest BCUT2D eigenvalue weighted by Gasteiger charge is 2.09. The second kappa shape index (κ2) is 9.90. The van der Waals surface area contributed by atoms with Gasteiger partial charge >= 0.3 is 0 Å². The van der Waals surface area contributed by atoms with E-state index < -0.39 is 0 Å². The monoisotopic (exact) mass is 492 g/mol. The number of thiophene rings is 1. The Morgan fingerprint density at radius 2 is 2.00 bits per heavy atom. The van der Waals surface area contributed by atoms with E-state index in [0.29, 0.717) is 6.54 Å². The third-order valence-electron chi connectivity index (χ3n) is 4.79. The molecule has 0 aliphatic carbocycles. The molecule has 0 unspecified atom stereocenters. The van der Waals surface area contributed by atoms with Crippen molar-refractivity contribution in [1.29, 1.82) is 0 Å². The van der Waals surface area contributed by atoms with Gasteiger partial charge in [0, 0.05) is 23.1 Å². The summed E-state index contributed by atoms with van der Waals surface area (Å²) in [5.41, 5.74) is 3.18. The van der Waals surface area contributed by atoms with Crippen molar-refractivity contribution in [2.75, 3.05) is 7.11 Å². The number of hydrogen-bond donors (Lipinski definition) is 0. The first-order chi connectivity index (χ1) is 15.1. The van der Waals surface area contributed by atoms with E-state index in [1.165, 1.54) is 10.4 Å². The predicted octanol–water partition coefficient (Wildman–Crippen LogP) is 6.25. The van der Waals surface area contributed by atoms with Crippen LogP contribution < -0.4 is 4.74 Å². The molecule has 4 rings (SSSR count). The Hall–Kier alpha value is -2.96. The zero-order chi connectivity index (χ0) is 21.6. The molecular weight excluding hydrogens is 472 g/mol. The Balaban J connectivity index is 1.46. The predicted molar refractivity (Wildman–Crippen MR) is 129 cm³/mol. The van der Waals surface area contributed by atoms with E-state index in [9.17, 15) is 4.79 Å². The van der Waals surface area contributed by atoms with E-state index in [4.69, 9.17) is 4.74 Å². The highest BCUT2D eigenvalue weighted by molar-refractivity contribution is 9.10. The van der Waals surface area contributed by atoms with Crippen molar-refractivity contribution < 1.29 is 9.53 Å². The highest BCUT2D eigenvalue weighted by Crippen LogP contribution is 2.24. The van der Waals surface area contributed by atoms with Gasteiger partial charge in [-0.05, 0) is 57.4 Å². The minimum absolute atomic E-state index is 0.0117. The molecule has 0 bridgehead atoms. The molecule has 0 saturated carbocycles. The van der Waals surface area contributed by atoms with Crippen molar-refractivity contribution >= 4 is 39.1 Å². The third kappa shape index (κ3) is 5.60. The van der Waals surface area contributed by atoms with E-state index >= 15 is 0 Å². The van der Waals surface area contributed by atoms with Gasteiger partial charge in [-0.2, -0.15) is 5.10 Å². The number of ether oxygens (including phenoxy) is 1. The largest absolute Gasteiger partial charge is 0.496 e. The number of ketones is 1. The zero-order valence-electron chi connectivity index (χ0n) is 17.0. The summed E-state index contributed by atoms with van der Waals surface area (Å²) in [5, 5.41) is 4.31. The molecule has 4 nitrogen and oxygen atoms in total. The summed E-state index contributed by atoms with van der Waals surface area (Å²) >= 11 is 4.96. The highest BCUT2D eigenvalue weighted by atomic mass is 79.9. The van der Waals surface area contributed by atoms with Gasteiger partial charge in [0.1, 0.15) is 5.75 Å². The third-order valence-corrected chi connectivity index (χ3v) is 6.30. The van der Waals surface area contributed by atoms with Crippen LogP contribution in [0.4, 0.5) is 0 Å². The van der Waals surface area contributed by atoms with Gasteiger partial charge < -0.3 is 4.74 Å². The molecule has 0 saturated heterocycles. The van der Waals surface area contributed by atoms with Crippen molar-refractivity contribution in [1.82, 2.24) is 9.78 Å². The van der Waals surface area contributed by atoms with Crippen LogP contribution in [-0.2, 0) is 13.0 Å². The number of benzene rings is 2. The lowest BCUT2D eigenvalue weighted by molar-refractivity contribution is 0.105. The summed E-state index contributed by atoms with van der Waals surface area (Å²) in [6.45, 7) is 0.582. The van der Waals surface area contributed by atoms with E-state index in [1.807, 2.05) is 65.5 Å². The molecule has 0 aliphatic rings. The number of hydrogen-bond acceptors (Lipinski definition) is 4. The Bertz CT molecular complexity index is 1210. The van der Waals surface area contributed by atoms with Crippen LogP contribution in [0.2, 0.25) is 0 Å². The number of carbonyl (C=O) groups is 1. The van der Waals surface area contributed by atoms with Gasteiger partial charge in [0.05, 0.1) is 29.2 Å². The normalized spacial score (nSPS) is 11.2. The first kappa shape index (κ1) is 21.3. The average molecular weight is 493 g/mol. The maximum atomic E-state index is 12.7. The molecule has 0 spiro atoms. The molecule has 2 heterocycles. The van der Waals surface area contributed by atoms with E-state index in [0.717, 1.165) is 32.6 Å². The Morgan fingerprint density at radius 1 is 1.16 bits per heavy atom. The molecule has 156 valence electrons. The number of aromatic nitrogens is 2. The van der Waals surface area contributed by atoms with Crippen molar-refractivity contribution in [2.24, 2.45) is 0 Å². The van der Waals surface area contributed by atoms with Gasteiger partial charge in [-0.3, -0.25) is 9.48 Å². The molecule has 6 heteroatoms. The topological polar surface area (TPSA) is 44.1 Å². The summed E-state index contributed by atoms with van der Waals surface area (Å²) in [5.74, 6) is 0.802. The first-order valence-corrected chi connectivity index (χ1v) is 11.4. The molecule has 2 aromatic heterocycles. The fraction of sp³-hybridized carbons (Fsp3) is 0.120. The lowest BCUT2D eigenvalue weighted by atomic mass is 10.1. The summed E-state index contributed by atoms with van der Waals surface area (Å²) in [6.07, 6.45) is 7.99. The van der Waals surface area contributed by atoms with Gasteiger partial charge in [0.15, 0.2) is 5.78 Å². The van der Waals surface area contributed by atoms with Crippen LogP contribution >= 0.6 is 27.3 Å². The molecule has 2 aromatic carbocycles. The van der Waals surface area contributed by atoms with Gasteiger partial charge in [0.2, 0.25) is 0 Å². The van der Waals surface area contributed by atoms with Gasteiger partial charge in [-0.1, -0.05) is 42.5 Å². The Labute approximate surface area is 193 Å². The standard InChI is InChI=1S/C25H21BrN2O2S/c1-30-24-11-8-19(13-20(24)16-28-17-21(26)15-27-28)7-10-23(29)25-12-9-22(31-25)14-18-5-3-2-4-6-18/h2-13,15,17H,14,16H2,1H3/b10-7+. The van der Waals surface area contributed by atoms with Gasteiger partial charge in [0.25, 0.3) is 0 Å². The van der Waals surface area contributed by atoms with Crippen LogP contribution in [0, 0.1) is 0 Å². The summed E-state index contributed by atoms with van der Waals surface area (Å²) < 4.78 is 8.24. The summed E-state index contributed by atoms with van der Waals surface area (Å²) in [6, 6.07) is 20.1. The van der Waals surface area contributed by atoms with E-state index in [1.54, 1.807) is 30.7 Å². The number of rotatable bonds is 8. The van der Waals surface area contributed by atoms with Crippen molar-refractivity contribution in [2.45, 2.75) is 13.0 Å². The van der Waals surface area contributed by atoms with Crippen molar-refractivity contribution in [3.05, 3.63) is 110 Å².